The van der Waals surface area contributed by atoms with Gasteiger partial charge in [-0.1, -0.05) is 55.1 Å². The third kappa shape index (κ3) is 8.46. The van der Waals surface area contributed by atoms with Crippen LogP contribution in [-0.4, -0.2) is 50.0 Å². The van der Waals surface area contributed by atoms with Gasteiger partial charge in [-0.15, -0.1) is 0 Å². The fraction of sp³-hybridized carbons (Fsp3) is 0.517. The molecule has 1 saturated carbocycles. The van der Waals surface area contributed by atoms with Gasteiger partial charge in [0.1, 0.15) is 6.04 Å². The van der Waals surface area contributed by atoms with Gasteiger partial charge in [0.15, 0.2) is 0 Å². The van der Waals surface area contributed by atoms with Crippen molar-refractivity contribution in [3.8, 4) is 0 Å². The zero-order valence-corrected chi connectivity index (χ0v) is 24.4. The minimum atomic E-state index is -3.54. The summed E-state index contributed by atoms with van der Waals surface area (Å²) in [6, 6.07) is 12.4. The number of benzene rings is 2. The van der Waals surface area contributed by atoms with E-state index in [1.807, 2.05) is 44.2 Å². The van der Waals surface area contributed by atoms with E-state index in [9.17, 15) is 18.0 Å². The number of hydrogen-bond acceptors (Lipinski definition) is 4. The van der Waals surface area contributed by atoms with Crippen LogP contribution in [-0.2, 0) is 26.2 Å². The first kappa shape index (κ1) is 30.0. The van der Waals surface area contributed by atoms with Gasteiger partial charge in [0.2, 0.25) is 21.8 Å². The van der Waals surface area contributed by atoms with E-state index >= 15 is 0 Å². The molecule has 2 aromatic rings. The van der Waals surface area contributed by atoms with Gasteiger partial charge in [0, 0.05) is 30.6 Å². The van der Waals surface area contributed by atoms with Crippen LogP contribution in [0.25, 0.3) is 0 Å². The predicted molar refractivity (Wildman–Crippen MR) is 154 cm³/mol. The summed E-state index contributed by atoms with van der Waals surface area (Å²) in [6.45, 7) is 5.99. The van der Waals surface area contributed by atoms with Crippen LogP contribution >= 0.6 is 11.6 Å². The lowest BCUT2D eigenvalue weighted by Crippen LogP contribution is -2.50. The number of anilines is 1. The van der Waals surface area contributed by atoms with Crippen LogP contribution in [0.15, 0.2) is 42.5 Å². The van der Waals surface area contributed by atoms with Crippen LogP contribution in [0.4, 0.5) is 5.69 Å². The van der Waals surface area contributed by atoms with E-state index < -0.39 is 16.1 Å². The van der Waals surface area contributed by atoms with E-state index in [4.69, 9.17) is 11.6 Å². The zero-order chi connectivity index (χ0) is 27.9. The number of carbonyl (C=O) groups excluding carboxylic acids is 2. The Balaban J connectivity index is 1.73. The number of carbonyl (C=O) groups is 2. The Labute approximate surface area is 232 Å². The molecule has 38 heavy (non-hydrogen) atoms. The fourth-order valence-corrected chi connectivity index (χ4v) is 6.05. The van der Waals surface area contributed by atoms with Crippen LogP contribution in [0.3, 0.4) is 0 Å². The maximum atomic E-state index is 13.5. The first-order valence-corrected chi connectivity index (χ1v) is 15.6. The third-order valence-corrected chi connectivity index (χ3v) is 8.60. The molecule has 1 aliphatic carbocycles. The number of hydrogen-bond donors (Lipinski definition) is 1. The van der Waals surface area contributed by atoms with Crippen molar-refractivity contribution >= 4 is 39.1 Å². The Morgan fingerprint density at radius 2 is 1.71 bits per heavy atom. The average Bonchev–Trinajstić information content (AvgIpc) is 2.87. The van der Waals surface area contributed by atoms with Crippen molar-refractivity contribution in [1.82, 2.24) is 10.2 Å². The van der Waals surface area contributed by atoms with Crippen LogP contribution in [0.2, 0.25) is 5.02 Å². The molecule has 9 heteroatoms. The molecule has 2 amide bonds. The largest absolute Gasteiger partial charge is 0.352 e. The summed E-state index contributed by atoms with van der Waals surface area (Å²) in [5.41, 5.74) is 3.30. The molecule has 0 aromatic heterocycles. The van der Waals surface area contributed by atoms with E-state index in [0.29, 0.717) is 17.1 Å². The lowest BCUT2D eigenvalue weighted by atomic mass is 9.95. The predicted octanol–water partition coefficient (Wildman–Crippen LogP) is 5.37. The molecule has 7 nitrogen and oxygen atoms in total. The normalized spacial score (nSPS) is 15.1. The van der Waals surface area contributed by atoms with Gasteiger partial charge >= 0.3 is 0 Å². The van der Waals surface area contributed by atoms with Crippen molar-refractivity contribution in [2.45, 2.75) is 84.3 Å². The lowest BCUT2D eigenvalue weighted by molar-refractivity contribution is -0.141. The zero-order valence-electron chi connectivity index (χ0n) is 22.9. The first-order valence-electron chi connectivity index (χ1n) is 13.3. The third-order valence-electron chi connectivity index (χ3n) is 7.17. The molecular formula is C29H40ClN3O4S. The highest BCUT2D eigenvalue weighted by Crippen LogP contribution is 2.25. The second-order valence-corrected chi connectivity index (χ2v) is 12.7. The van der Waals surface area contributed by atoms with Crippen molar-refractivity contribution in [3.05, 3.63) is 64.2 Å². The molecule has 1 aliphatic rings. The number of nitrogens with one attached hydrogen (secondary N) is 1. The number of amides is 2. The van der Waals surface area contributed by atoms with Crippen molar-refractivity contribution in [2.24, 2.45) is 0 Å². The second-order valence-electron chi connectivity index (χ2n) is 10.4. The van der Waals surface area contributed by atoms with Crippen molar-refractivity contribution in [2.75, 3.05) is 17.1 Å². The Kier molecular flexibility index (Phi) is 10.6. The smallest absolute Gasteiger partial charge is 0.242 e. The summed E-state index contributed by atoms with van der Waals surface area (Å²) in [6.07, 6.45) is 6.94. The summed E-state index contributed by atoms with van der Waals surface area (Å²) < 4.78 is 26.6. The van der Waals surface area contributed by atoms with Gasteiger partial charge in [-0.25, -0.2) is 8.42 Å². The molecule has 1 unspecified atom stereocenters. The maximum absolute atomic E-state index is 13.5. The highest BCUT2D eigenvalue weighted by Gasteiger charge is 2.28. The number of rotatable bonds is 11. The minimum absolute atomic E-state index is 0.117. The monoisotopic (exact) mass is 561 g/mol. The summed E-state index contributed by atoms with van der Waals surface area (Å²) in [7, 11) is -3.54. The van der Waals surface area contributed by atoms with Gasteiger partial charge in [0.25, 0.3) is 0 Å². The van der Waals surface area contributed by atoms with Crippen LogP contribution in [0.5, 0.6) is 0 Å². The molecule has 208 valence electrons. The number of aryl methyl sites for hydroxylation is 2. The van der Waals surface area contributed by atoms with Crippen molar-refractivity contribution < 1.29 is 18.0 Å². The van der Waals surface area contributed by atoms with Crippen molar-refractivity contribution in [3.63, 3.8) is 0 Å². The first-order chi connectivity index (χ1) is 18.0. The molecule has 3 rings (SSSR count). The van der Waals surface area contributed by atoms with Gasteiger partial charge in [-0.3, -0.25) is 13.9 Å². The fourth-order valence-electron chi connectivity index (χ4n) is 4.91. The summed E-state index contributed by atoms with van der Waals surface area (Å²) >= 11 is 6.04. The molecule has 1 N–H and O–H groups in total. The second kappa shape index (κ2) is 13.5. The number of halogens is 1. The van der Waals surface area contributed by atoms with Gasteiger partial charge < -0.3 is 10.2 Å². The summed E-state index contributed by atoms with van der Waals surface area (Å²) in [4.78, 5) is 28.2. The number of sulfonamides is 1. The highest BCUT2D eigenvalue weighted by atomic mass is 35.5. The molecular weight excluding hydrogens is 522 g/mol. The standard InChI is InChI=1S/C29H40ClN3O4S/c1-21-12-13-22(2)27(19-21)33(38(4,36)37)18-8-11-28(34)32(20-24-14-16-25(30)17-15-24)23(3)29(35)31-26-9-6-5-7-10-26/h12-17,19,23,26H,5-11,18,20H2,1-4H3,(H,31,35). The van der Waals surface area contributed by atoms with Crippen LogP contribution in [0, 0.1) is 13.8 Å². The molecule has 0 aliphatic heterocycles. The Morgan fingerprint density at radius 3 is 2.34 bits per heavy atom. The summed E-state index contributed by atoms with van der Waals surface area (Å²) in [5, 5.41) is 3.73. The minimum Gasteiger partial charge on any atom is -0.352 e. The Hall–Kier alpha value is -2.58. The molecule has 1 atom stereocenters. The molecule has 0 bridgehead atoms. The molecule has 0 saturated heterocycles. The van der Waals surface area contributed by atoms with E-state index in [2.05, 4.69) is 5.32 Å². The van der Waals surface area contributed by atoms with E-state index in [1.54, 1.807) is 24.0 Å². The summed E-state index contributed by atoms with van der Waals surface area (Å²) in [5.74, 6) is -0.354. The van der Waals surface area contributed by atoms with Gasteiger partial charge in [0.05, 0.1) is 11.9 Å². The van der Waals surface area contributed by atoms with Crippen LogP contribution < -0.4 is 9.62 Å². The molecule has 0 spiro atoms. The Bertz CT molecular complexity index is 1210. The van der Waals surface area contributed by atoms with E-state index in [0.717, 1.165) is 42.4 Å². The molecule has 0 radical (unpaired) electrons. The molecule has 1 fully saturated rings. The van der Waals surface area contributed by atoms with Gasteiger partial charge in [-0.05, 0) is 74.9 Å². The quantitative estimate of drug-likeness (QED) is 0.399. The maximum Gasteiger partial charge on any atom is 0.242 e. The number of nitrogens with zero attached hydrogens (tertiary/aromatic N) is 2. The van der Waals surface area contributed by atoms with Crippen LogP contribution in [0.1, 0.15) is 68.6 Å². The SMILES string of the molecule is Cc1ccc(C)c(N(CCCC(=O)N(Cc2ccc(Cl)cc2)C(C)C(=O)NC2CCCCC2)S(C)(=O)=O)c1. The molecule has 2 aromatic carbocycles. The van der Waals surface area contributed by atoms with Crippen molar-refractivity contribution in [1.29, 1.82) is 0 Å². The topological polar surface area (TPSA) is 86.8 Å². The Morgan fingerprint density at radius 1 is 1.05 bits per heavy atom. The van der Waals surface area contributed by atoms with E-state index in [-0.39, 0.29) is 37.4 Å². The highest BCUT2D eigenvalue weighted by molar-refractivity contribution is 7.92. The lowest BCUT2D eigenvalue weighted by Gasteiger charge is -2.31. The van der Waals surface area contributed by atoms with Gasteiger partial charge in [-0.2, -0.15) is 0 Å². The molecule has 0 heterocycles. The van der Waals surface area contributed by atoms with E-state index in [1.165, 1.54) is 17.0 Å². The average molecular weight is 562 g/mol.